The van der Waals surface area contributed by atoms with E-state index in [9.17, 15) is 0 Å². The minimum atomic E-state index is 0. The molecule has 0 radical (unpaired) electrons. The standard InChI is InChI=1S/2C13H27NS2.Zn/c2*1-3-5-7-9-11-14(13(15)16)12-10-8-6-4-2;/h2*3-12H2,1-2H3,(H,15,16);/q;;+2/p-2. The Hall–Kier alpha value is 0.843. The molecule has 0 amide bonds. The van der Waals surface area contributed by atoms with Gasteiger partial charge in [0.15, 0.2) is 0 Å². The Morgan fingerprint density at radius 2 is 0.667 bits per heavy atom. The molecule has 0 N–H and O–H groups in total. The van der Waals surface area contributed by atoms with Crippen LogP contribution in [-0.2, 0) is 44.7 Å². The summed E-state index contributed by atoms with van der Waals surface area (Å²) in [5.41, 5.74) is 0. The molecule has 0 bridgehead atoms. The summed E-state index contributed by atoms with van der Waals surface area (Å²) in [6.07, 6.45) is 20.6. The molecule has 33 heavy (non-hydrogen) atoms. The monoisotopic (exact) mass is 584 g/mol. The first-order chi connectivity index (χ1) is 15.4. The SMILES string of the molecule is CCCCCCN(CCCCCC)C(=S)[S-].CCCCCCN(CCCCCC)C(=S)[S-].[Zn+2]. The van der Waals surface area contributed by atoms with Crippen molar-refractivity contribution < 1.29 is 19.5 Å². The van der Waals surface area contributed by atoms with Crippen LogP contribution in [0.15, 0.2) is 0 Å². The van der Waals surface area contributed by atoms with Crippen LogP contribution in [0.2, 0.25) is 0 Å². The molecule has 0 rings (SSSR count). The smallest absolute Gasteiger partial charge is 0.411 e. The molecule has 0 heterocycles. The molecule has 0 aromatic rings. The second-order valence-electron chi connectivity index (χ2n) is 8.75. The number of unbranched alkanes of at least 4 members (excludes halogenated alkanes) is 12. The number of hydrogen-bond acceptors (Lipinski definition) is 4. The van der Waals surface area contributed by atoms with Gasteiger partial charge in [0, 0.05) is 26.2 Å². The van der Waals surface area contributed by atoms with Crippen molar-refractivity contribution in [3.05, 3.63) is 0 Å². The molecule has 0 saturated carbocycles. The van der Waals surface area contributed by atoms with Gasteiger partial charge < -0.3 is 59.5 Å². The van der Waals surface area contributed by atoms with Crippen LogP contribution < -0.4 is 0 Å². The van der Waals surface area contributed by atoms with E-state index >= 15 is 0 Å². The van der Waals surface area contributed by atoms with E-state index in [1.54, 1.807) is 0 Å². The van der Waals surface area contributed by atoms with Crippen LogP contribution in [0.3, 0.4) is 0 Å². The second kappa shape index (κ2) is 30.9. The third-order valence-electron chi connectivity index (χ3n) is 5.64. The molecular weight excluding hydrogens is 534 g/mol. The number of hydrogen-bond donors (Lipinski definition) is 0. The molecule has 0 atom stereocenters. The summed E-state index contributed by atoms with van der Waals surface area (Å²) >= 11 is 20.5. The summed E-state index contributed by atoms with van der Waals surface area (Å²) < 4.78 is 1.32. The van der Waals surface area contributed by atoms with Gasteiger partial charge >= 0.3 is 19.5 Å². The summed E-state index contributed by atoms with van der Waals surface area (Å²) in [4.78, 5) is 4.41. The van der Waals surface area contributed by atoms with Crippen molar-refractivity contribution in [2.75, 3.05) is 26.2 Å². The van der Waals surface area contributed by atoms with Crippen LogP contribution in [0.1, 0.15) is 130 Å². The van der Waals surface area contributed by atoms with E-state index < -0.39 is 0 Å². The summed E-state index contributed by atoms with van der Waals surface area (Å²) in [6.45, 7) is 13.2. The molecule has 0 fully saturated rings. The van der Waals surface area contributed by atoms with E-state index in [1.165, 1.54) is 103 Å². The summed E-state index contributed by atoms with van der Waals surface area (Å²) in [5, 5.41) is 0. The Balaban J connectivity index is -0.000000529. The molecule has 0 aliphatic rings. The first-order valence-electron chi connectivity index (χ1n) is 13.4. The number of nitrogens with zero attached hydrogens (tertiary/aromatic N) is 2. The van der Waals surface area contributed by atoms with Crippen molar-refractivity contribution in [3.8, 4) is 0 Å². The molecule has 2 nitrogen and oxygen atoms in total. The van der Waals surface area contributed by atoms with Gasteiger partial charge in [-0.1, -0.05) is 113 Å². The van der Waals surface area contributed by atoms with Crippen LogP contribution >= 0.6 is 24.4 Å². The molecule has 0 unspecified atom stereocenters. The van der Waals surface area contributed by atoms with Crippen molar-refractivity contribution >= 4 is 58.3 Å². The van der Waals surface area contributed by atoms with E-state index in [-0.39, 0.29) is 19.5 Å². The van der Waals surface area contributed by atoms with Crippen molar-refractivity contribution in [2.24, 2.45) is 0 Å². The molecular formula is C26H52N2S4Zn. The molecule has 7 heteroatoms. The third kappa shape index (κ3) is 29.0. The zero-order chi connectivity index (χ0) is 24.5. The predicted octanol–water partition coefficient (Wildman–Crippen LogP) is 8.56. The summed E-state index contributed by atoms with van der Waals surface area (Å²) in [5.74, 6) is 0. The first kappa shape index (κ1) is 38.4. The Morgan fingerprint density at radius 1 is 0.455 bits per heavy atom. The van der Waals surface area contributed by atoms with Crippen LogP contribution in [0.4, 0.5) is 0 Å². The van der Waals surface area contributed by atoms with Gasteiger partial charge in [-0.3, -0.25) is 0 Å². The number of thiocarbonyl (C=S) groups is 2. The van der Waals surface area contributed by atoms with Gasteiger partial charge in [-0.15, -0.1) is 0 Å². The fourth-order valence-electron chi connectivity index (χ4n) is 3.51. The van der Waals surface area contributed by atoms with Crippen LogP contribution in [0, 0.1) is 0 Å². The molecule has 0 saturated heterocycles. The van der Waals surface area contributed by atoms with Crippen LogP contribution in [0.5, 0.6) is 0 Å². The topological polar surface area (TPSA) is 6.48 Å². The molecule has 0 aliphatic carbocycles. The molecule has 0 aromatic carbocycles. The largest absolute Gasteiger partial charge is 2.00 e. The third-order valence-corrected chi connectivity index (χ3v) is 6.68. The Labute approximate surface area is 242 Å². The van der Waals surface area contributed by atoms with Gasteiger partial charge in [-0.2, -0.15) is 0 Å². The van der Waals surface area contributed by atoms with Gasteiger partial charge in [0.05, 0.1) is 0 Å². The average Bonchev–Trinajstić information content (AvgIpc) is 2.77. The predicted molar refractivity (Wildman–Crippen MR) is 160 cm³/mol. The van der Waals surface area contributed by atoms with Gasteiger partial charge in [0.25, 0.3) is 0 Å². The molecule has 0 aliphatic heterocycles. The van der Waals surface area contributed by atoms with Crippen LogP contribution in [0.25, 0.3) is 0 Å². The van der Waals surface area contributed by atoms with Gasteiger partial charge in [-0.25, -0.2) is 0 Å². The van der Waals surface area contributed by atoms with Crippen molar-refractivity contribution in [2.45, 2.75) is 130 Å². The maximum absolute atomic E-state index is 5.11. The van der Waals surface area contributed by atoms with E-state index in [0.29, 0.717) is 8.64 Å². The average molecular weight is 586 g/mol. The second-order valence-corrected chi connectivity index (χ2v) is 10.8. The number of rotatable bonds is 20. The van der Waals surface area contributed by atoms with Crippen LogP contribution in [-0.4, -0.2) is 44.6 Å². The van der Waals surface area contributed by atoms with E-state index in [1.807, 2.05) is 0 Å². The zero-order valence-electron chi connectivity index (χ0n) is 22.4. The fourth-order valence-corrected chi connectivity index (χ4v) is 4.24. The summed E-state index contributed by atoms with van der Waals surface area (Å²) in [6, 6.07) is 0. The van der Waals surface area contributed by atoms with Gasteiger partial charge in [0.2, 0.25) is 0 Å². The Kier molecular flexibility index (Phi) is 35.9. The summed E-state index contributed by atoms with van der Waals surface area (Å²) in [7, 11) is 0. The molecule has 192 valence electrons. The van der Waals surface area contributed by atoms with E-state index in [2.05, 4.69) is 37.5 Å². The quantitative estimate of drug-likeness (QED) is 0.0606. The van der Waals surface area contributed by atoms with Crippen molar-refractivity contribution in [3.63, 3.8) is 0 Å². The fraction of sp³-hybridized carbons (Fsp3) is 0.923. The Morgan fingerprint density at radius 3 is 0.818 bits per heavy atom. The molecule has 0 spiro atoms. The minimum Gasteiger partial charge on any atom is -0.411 e. The van der Waals surface area contributed by atoms with Gasteiger partial charge in [0.1, 0.15) is 0 Å². The van der Waals surface area contributed by atoms with Gasteiger partial charge in [-0.05, 0) is 25.7 Å². The van der Waals surface area contributed by atoms with E-state index in [4.69, 9.17) is 49.7 Å². The van der Waals surface area contributed by atoms with E-state index in [0.717, 1.165) is 26.2 Å². The van der Waals surface area contributed by atoms with Crippen molar-refractivity contribution in [1.29, 1.82) is 0 Å². The zero-order valence-corrected chi connectivity index (χ0v) is 28.6. The first-order valence-corrected chi connectivity index (χ1v) is 15.0. The maximum Gasteiger partial charge on any atom is 2.00 e. The van der Waals surface area contributed by atoms with Crippen molar-refractivity contribution in [1.82, 2.24) is 9.80 Å². The molecule has 0 aromatic heterocycles. The maximum atomic E-state index is 5.11. The Bertz CT molecular complexity index is 363. The minimum absolute atomic E-state index is 0. The normalized spacial score (nSPS) is 10.1.